The van der Waals surface area contributed by atoms with Crippen LogP contribution in [-0.2, 0) is 32.2 Å². The number of carbonyl (C=O) groups is 2. The molecule has 2 fully saturated rings. The molecule has 4 N–H and O–H groups in total. The molecule has 0 radical (unpaired) electrons. The molecule has 5 rings (SSSR count). The van der Waals surface area contributed by atoms with Crippen LogP contribution in [0.5, 0.6) is 0 Å². The molecule has 13 heteroatoms. The number of nitro benzene ring substituents is 1. The van der Waals surface area contributed by atoms with E-state index in [9.17, 15) is 24.8 Å². The van der Waals surface area contributed by atoms with Gasteiger partial charge in [0.05, 0.1) is 23.7 Å². The summed E-state index contributed by atoms with van der Waals surface area (Å²) in [5.74, 6) is -0.563. The minimum atomic E-state index is -0.590. The van der Waals surface area contributed by atoms with Gasteiger partial charge in [-0.15, -0.1) is 0 Å². The zero-order valence-corrected chi connectivity index (χ0v) is 26.8. The summed E-state index contributed by atoms with van der Waals surface area (Å²) in [5.41, 5.74) is 6.30. The van der Waals surface area contributed by atoms with Crippen LogP contribution in [0.1, 0.15) is 66.8 Å². The van der Waals surface area contributed by atoms with Crippen molar-refractivity contribution in [3.05, 3.63) is 105 Å². The predicted octanol–water partition coefficient (Wildman–Crippen LogP) is 4.14. The molecule has 0 aromatic heterocycles. The van der Waals surface area contributed by atoms with Gasteiger partial charge in [-0.05, 0) is 41.7 Å². The van der Waals surface area contributed by atoms with E-state index in [2.05, 4.69) is 15.1 Å². The number of benzene rings is 3. The molecular weight excluding hydrogens is 618 g/mol. The lowest BCUT2D eigenvalue weighted by molar-refractivity contribution is -0.384. The van der Waals surface area contributed by atoms with Crippen molar-refractivity contribution in [1.29, 1.82) is 0 Å². The SMILES string of the molecule is O=C(CCCCC(=O)NCc1ccc([C@H]2O[C@@H](CN3CCN(c4ccc([N+](=O)[O-])cc4)CC3)C[C@@H](c3ccc(CO)cc3)O2)cc1)NO. The first-order chi connectivity index (χ1) is 23.3. The Kier molecular flexibility index (Phi) is 12.5. The fourth-order valence-electron chi connectivity index (χ4n) is 6.00. The summed E-state index contributed by atoms with van der Waals surface area (Å²) in [5, 5.41) is 32.0. The normalized spacial score (nSPS) is 19.9. The molecule has 13 nitrogen and oxygen atoms in total. The summed E-state index contributed by atoms with van der Waals surface area (Å²) in [6.07, 6.45) is 1.32. The van der Waals surface area contributed by atoms with E-state index in [-0.39, 0.29) is 41.8 Å². The molecule has 3 aromatic carbocycles. The smallest absolute Gasteiger partial charge is 0.269 e. The van der Waals surface area contributed by atoms with E-state index in [1.54, 1.807) is 29.7 Å². The van der Waals surface area contributed by atoms with E-state index >= 15 is 0 Å². The molecule has 2 aliphatic rings. The summed E-state index contributed by atoms with van der Waals surface area (Å²) in [7, 11) is 0. The van der Waals surface area contributed by atoms with Crippen molar-refractivity contribution >= 4 is 23.2 Å². The Bertz CT molecular complexity index is 1490. The van der Waals surface area contributed by atoms with Crippen molar-refractivity contribution in [1.82, 2.24) is 15.7 Å². The van der Waals surface area contributed by atoms with Gasteiger partial charge in [-0.2, -0.15) is 0 Å². The number of nitrogens with one attached hydrogen (secondary N) is 2. The van der Waals surface area contributed by atoms with Gasteiger partial charge in [-0.1, -0.05) is 48.5 Å². The number of piperazine rings is 1. The molecule has 3 atom stereocenters. The van der Waals surface area contributed by atoms with Crippen LogP contribution in [0.25, 0.3) is 0 Å². The van der Waals surface area contributed by atoms with Crippen LogP contribution >= 0.6 is 0 Å². The Hall–Kier alpha value is -4.40. The number of nitrogens with zero attached hydrogens (tertiary/aromatic N) is 3. The summed E-state index contributed by atoms with van der Waals surface area (Å²) in [6, 6.07) is 22.3. The number of aliphatic hydroxyl groups excluding tert-OH is 1. The number of unbranched alkanes of at least 4 members (excludes halogenated alkanes) is 1. The standard InChI is InChI=1S/C35H43N5O8/c41-24-26-7-9-27(10-8-26)32-21-31(23-38-17-19-39(20-18-38)29-13-15-30(16-14-29)40(45)46)47-35(48-32)28-11-5-25(6-12-28)22-36-33(42)3-1-2-4-34(43)37-44/h5-16,31-32,35,41,44H,1-4,17-24H2,(H,36,42)(H,37,43)/t31-,32+,35+/m1/s1. The maximum absolute atomic E-state index is 12.2. The number of rotatable bonds is 14. The van der Waals surface area contributed by atoms with E-state index in [1.165, 1.54) is 0 Å². The predicted molar refractivity (Wildman–Crippen MR) is 177 cm³/mol. The van der Waals surface area contributed by atoms with Gasteiger partial charge >= 0.3 is 0 Å². The Labute approximate surface area is 279 Å². The van der Waals surface area contributed by atoms with E-state index in [4.69, 9.17) is 14.7 Å². The van der Waals surface area contributed by atoms with Crippen LogP contribution in [0.2, 0.25) is 0 Å². The van der Waals surface area contributed by atoms with Crippen LogP contribution in [0.3, 0.4) is 0 Å². The first-order valence-electron chi connectivity index (χ1n) is 16.3. The molecule has 0 saturated carbocycles. The number of hydroxylamine groups is 1. The molecule has 2 heterocycles. The highest BCUT2D eigenvalue weighted by atomic mass is 16.7. The molecule has 0 aliphatic carbocycles. The first kappa shape index (κ1) is 34.9. The van der Waals surface area contributed by atoms with E-state index in [0.717, 1.165) is 60.7 Å². The van der Waals surface area contributed by atoms with Gasteiger partial charge in [-0.25, -0.2) is 5.48 Å². The molecule has 0 unspecified atom stereocenters. The summed E-state index contributed by atoms with van der Waals surface area (Å²) in [6.45, 7) is 4.34. The molecule has 2 amide bonds. The second kappa shape index (κ2) is 17.1. The second-order valence-corrected chi connectivity index (χ2v) is 12.2. The Morgan fingerprint density at radius 3 is 2.08 bits per heavy atom. The third-order valence-corrected chi connectivity index (χ3v) is 8.80. The van der Waals surface area contributed by atoms with Gasteiger partial charge in [0.2, 0.25) is 11.8 Å². The minimum Gasteiger partial charge on any atom is -0.392 e. The highest BCUT2D eigenvalue weighted by Gasteiger charge is 2.34. The second-order valence-electron chi connectivity index (χ2n) is 12.2. The van der Waals surface area contributed by atoms with Crippen LogP contribution in [0.15, 0.2) is 72.8 Å². The quantitative estimate of drug-likeness (QED) is 0.0854. The molecule has 3 aromatic rings. The van der Waals surface area contributed by atoms with Crippen molar-refractivity contribution in [3.8, 4) is 0 Å². The van der Waals surface area contributed by atoms with Gasteiger partial charge < -0.3 is 24.8 Å². The van der Waals surface area contributed by atoms with E-state index in [1.807, 2.05) is 48.5 Å². The molecule has 2 saturated heterocycles. The summed E-state index contributed by atoms with van der Waals surface area (Å²) < 4.78 is 13.0. The number of hydrogen-bond donors (Lipinski definition) is 4. The fourth-order valence-corrected chi connectivity index (χ4v) is 6.00. The van der Waals surface area contributed by atoms with Crippen molar-refractivity contribution in [2.45, 2.75) is 63.8 Å². The maximum Gasteiger partial charge on any atom is 0.269 e. The Balaban J connectivity index is 1.18. The number of nitro groups is 1. The van der Waals surface area contributed by atoms with Crippen molar-refractivity contribution < 1.29 is 34.3 Å². The zero-order valence-electron chi connectivity index (χ0n) is 26.8. The monoisotopic (exact) mass is 661 g/mol. The first-order valence-corrected chi connectivity index (χ1v) is 16.3. The lowest BCUT2D eigenvalue weighted by Crippen LogP contribution is -2.49. The Morgan fingerprint density at radius 1 is 0.833 bits per heavy atom. The van der Waals surface area contributed by atoms with Crippen LogP contribution in [0.4, 0.5) is 11.4 Å². The average molecular weight is 662 g/mol. The van der Waals surface area contributed by atoms with Gasteiger partial charge in [0.1, 0.15) is 0 Å². The Morgan fingerprint density at radius 2 is 1.46 bits per heavy atom. The number of hydrogen-bond acceptors (Lipinski definition) is 10. The number of anilines is 1. The van der Waals surface area contributed by atoms with Crippen LogP contribution < -0.4 is 15.7 Å². The van der Waals surface area contributed by atoms with Crippen molar-refractivity contribution in [2.75, 3.05) is 37.6 Å². The lowest BCUT2D eigenvalue weighted by Gasteiger charge is -2.41. The third kappa shape index (κ3) is 9.81. The fraction of sp³-hybridized carbons (Fsp3) is 0.429. The number of amides is 2. The summed E-state index contributed by atoms with van der Waals surface area (Å²) in [4.78, 5) is 38.6. The third-order valence-electron chi connectivity index (χ3n) is 8.80. The molecule has 2 aliphatic heterocycles. The highest BCUT2D eigenvalue weighted by molar-refractivity contribution is 5.76. The largest absolute Gasteiger partial charge is 0.392 e. The average Bonchev–Trinajstić information content (AvgIpc) is 3.13. The number of ether oxygens (including phenoxy) is 2. The van der Waals surface area contributed by atoms with Crippen LogP contribution in [0, 0.1) is 10.1 Å². The van der Waals surface area contributed by atoms with E-state index < -0.39 is 12.2 Å². The molecule has 0 spiro atoms. The van der Waals surface area contributed by atoms with Gasteiger partial charge in [0.15, 0.2) is 6.29 Å². The molecule has 48 heavy (non-hydrogen) atoms. The number of aliphatic hydroxyl groups is 1. The van der Waals surface area contributed by atoms with E-state index in [0.29, 0.717) is 32.2 Å². The molecule has 0 bridgehead atoms. The molecular formula is C35H43N5O8. The maximum atomic E-state index is 12.2. The molecule has 256 valence electrons. The minimum absolute atomic E-state index is 0.0256. The van der Waals surface area contributed by atoms with Crippen molar-refractivity contribution in [3.63, 3.8) is 0 Å². The lowest BCUT2D eigenvalue weighted by atomic mass is 9.99. The van der Waals surface area contributed by atoms with Crippen molar-refractivity contribution in [2.24, 2.45) is 0 Å². The topological polar surface area (TPSA) is 167 Å². The number of carbonyl (C=O) groups excluding carboxylic acids is 2. The van der Waals surface area contributed by atoms with Gasteiger partial charge in [0, 0.05) is 81.9 Å². The van der Waals surface area contributed by atoms with Gasteiger partial charge in [-0.3, -0.25) is 29.8 Å². The van der Waals surface area contributed by atoms with Crippen LogP contribution in [-0.4, -0.2) is 70.8 Å². The number of non-ortho nitro benzene ring substituents is 1. The van der Waals surface area contributed by atoms with Gasteiger partial charge in [0.25, 0.3) is 5.69 Å². The zero-order chi connectivity index (χ0) is 33.9. The summed E-state index contributed by atoms with van der Waals surface area (Å²) >= 11 is 0. The highest BCUT2D eigenvalue weighted by Crippen LogP contribution is 2.38.